The molecule has 2 rings (SSSR count). The van der Waals surface area contributed by atoms with Gasteiger partial charge in [0.05, 0.1) is 12.2 Å². The monoisotopic (exact) mass is 260 g/mol. The van der Waals surface area contributed by atoms with Gasteiger partial charge in [0.25, 0.3) is 5.56 Å². The van der Waals surface area contributed by atoms with E-state index in [1.54, 1.807) is 6.07 Å². The average Bonchev–Trinajstić information content (AvgIpc) is 2.42. The van der Waals surface area contributed by atoms with Gasteiger partial charge in [0, 0.05) is 0 Å². The first-order chi connectivity index (χ1) is 9.13. The first-order valence-electron chi connectivity index (χ1n) is 6.01. The fourth-order valence-electron chi connectivity index (χ4n) is 1.63. The predicted octanol–water partition coefficient (Wildman–Crippen LogP) is 1.39. The second-order valence-electron chi connectivity index (χ2n) is 4.06. The molecule has 2 aromatic rings. The molecular weight excluding hydrogens is 244 g/mol. The van der Waals surface area contributed by atoms with E-state index in [0.717, 1.165) is 6.42 Å². The van der Waals surface area contributed by atoms with Crippen LogP contribution in [0, 0.1) is 0 Å². The van der Waals surface area contributed by atoms with Crippen molar-refractivity contribution < 1.29 is 4.74 Å². The Balaban J connectivity index is 2.50. The SMILES string of the molecule is CCCOc1ccccc1-c1nc(N)c(N)c(=O)[nH]1. The fourth-order valence-corrected chi connectivity index (χ4v) is 1.63. The number of anilines is 2. The van der Waals surface area contributed by atoms with Gasteiger partial charge < -0.3 is 21.2 Å². The third-order valence-electron chi connectivity index (χ3n) is 2.59. The minimum absolute atomic E-state index is 0.0176. The van der Waals surface area contributed by atoms with Crippen LogP contribution >= 0.6 is 0 Å². The van der Waals surface area contributed by atoms with Crippen LogP contribution in [0.2, 0.25) is 0 Å². The van der Waals surface area contributed by atoms with Gasteiger partial charge >= 0.3 is 0 Å². The van der Waals surface area contributed by atoms with Gasteiger partial charge in [0.1, 0.15) is 17.3 Å². The Hall–Kier alpha value is -2.50. The van der Waals surface area contributed by atoms with E-state index in [9.17, 15) is 4.79 Å². The van der Waals surface area contributed by atoms with Crippen molar-refractivity contribution in [3.63, 3.8) is 0 Å². The van der Waals surface area contributed by atoms with Crippen molar-refractivity contribution in [1.82, 2.24) is 9.97 Å². The number of hydrogen-bond donors (Lipinski definition) is 3. The van der Waals surface area contributed by atoms with Gasteiger partial charge in [0.2, 0.25) is 0 Å². The number of nitrogens with two attached hydrogens (primary N) is 2. The highest BCUT2D eigenvalue weighted by Crippen LogP contribution is 2.27. The number of ether oxygens (including phenoxy) is 1. The molecule has 0 fully saturated rings. The fraction of sp³-hybridized carbons (Fsp3) is 0.231. The number of aromatic amines is 1. The third kappa shape index (κ3) is 2.67. The van der Waals surface area contributed by atoms with Crippen molar-refractivity contribution in [2.24, 2.45) is 0 Å². The summed E-state index contributed by atoms with van der Waals surface area (Å²) in [5.41, 5.74) is 11.3. The summed E-state index contributed by atoms with van der Waals surface area (Å²) in [4.78, 5) is 18.3. The maximum Gasteiger partial charge on any atom is 0.276 e. The van der Waals surface area contributed by atoms with Gasteiger partial charge in [0.15, 0.2) is 5.82 Å². The van der Waals surface area contributed by atoms with E-state index in [4.69, 9.17) is 16.2 Å². The zero-order valence-corrected chi connectivity index (χ0v) is 10.6. The number of aromatic nitrogens is 2. The molecule has 0 spiro atoms. The Labute approximate surface area is 110 Å². The Bertz CT molecular complexity index is 637. The van der Waals surface area contributed by atoms with Crippen molar-refractivity contribution >= 4 is 11.5 Å². The van der Waals surface area contributed by atoms with Crippen LogP contribution in [0.5, 0.6) is 5.75 Å². The molecule has 1 heterocycles. The number of nitrogens with zero attached hydrogens (tertiary/aromatic N) is 1. The van der Waals surface area contributed by atoms with Crippen molar-refractivity contribution in [3.8, 4) is 17.1 Å². The lowest BCUT2D eigenvalue weighted by atomic mass is 10.2. The molecule has 1 aromatic carbocycles. The molecule has 5 N–H and O–H groups in total. The van der Waals surface area contributed by atoms with E-state index in [2.05, 4.69) is 9.97 Å². The van der Waals surface area contributed by atoms with E-state index < -0.39 is 5.56 Å². The normalized spacial score (nSPS) is 10.4. The molecule has 0 aliphatic heterocycles. The second-order valence-corrected chi connectivity index (χ2v) is 4.06. The standard InChI is InChI=1S/C13H16N4O2/c1-2-7-19-9-6-4-3-5-8(9)12-16-11(15)10(14)13(18)17-12/h3-6H,2,7,14H2,1H3,(H3,15,16,17,18). The molecule has 0 saturated heterocycles. The van der Waals surface area contributed by atoms with Crippen LogP contribution < -0.4 is 21.8 Å². The van der Waals surface area contributed by atoms with Crippen molar-refractivity contribution in [1.29, 1.82) is 0 Å². The summed E-state index contributed by atoms with van der Waals surface area (Å²) in [6.07, 6.45) is 0.891. The topological polar surface area (TPSA) is 107 Å². The molecular formula is C13H16N4O2. The molecule has 0 radical (unpaired) electrons. The summed E-state index contributed by atoms with van der Waals surface area (Å²) in [5.74, 6) is 1.02. The molecule has 0 aliphatic rings. The zero-order valence-electron chi connectivity index (χ0n) is 10.6. The van der Waals surface area contributed by atoms with Crippen LogP contribution in [0.4, 0.5) is 11.5 Å². The van der Waals surface area contributed by atoms with Crippen molar-refractivity contribution in [2.75, 3.05) is 18.1 Å². The van der Waals surface area contributed by atoms with E-state index in [1.807, 2.05) is 25.1 Å². The molecule has 0 aliphatic carbocycles. The smallest absolute Gasteiger partial charge is 0.276 e. The van der Waals surface area contributed by atoms with Crippen LogP contribution in [0.25, 0.3) is 11.4 Å². The number of benzene rings is 1. The predicted molar refractivity (Wildman–Crippen MR) is 74.9 cm³/mol. The lowest BCUT2D eigenvalue weighted by molar-refractivity contribution is 0.318. The molecule has 0 saturated carbocycles. The van der Waals surface area contributed by atoms with Crippen molar-refractivity contribution in [2.45, 2.75) is 13.3 Å². The van der Waals surface area contributed by atoms with Crippen molar-refractivity contribution in [3.05, 3.63) is 34.6 Å². The Morgan fingerprint density at radius 3 is 2.74 bits per heavy atom. The summed E-state index contributed by atoms with van der Waals surface area (Å²) < 4.78 is 5.62. The third-order valence-corrected chi connectivity index (χ3v) is 2.59. The Kier molecular flexibility index (Phi) is 3.70. The van der Waals surface area contributed by atoms with Gasteiger partial charge in [-0.2, -0.15) is 0 Å². The first kappa shape index (κ1) is 12.9. The number of para-hydroxylation sites is 1. The summed E-state index contributed by atoms with van der Waals surface area (Å²) in [6.45, 7) is 2.61. The number of rotatable bonds is 4. The van der Waals surface area contributed by atoms with Gasteiger partial charge in [-0.1, -0.05) is 19.1 Å². The Morgan fingerprint density at radius 1 is 1.32 bits per heavy atom. The molecule has 0 amide bonds. The summed E-state index contributed by atoms with van der Waals surface area (Å²) in [7, 11) is 0. The maximum atomic E-state index is 11.6. The quantitative estimate of drug-likeness (QED) is 0.770. The number of nitrogens with one attached hydrogen (secondary N) is 1. The Morgan fingerprint density at radius 2 is 2.05 bits per heavy atom. The van der Waals surface area contributed by atoms with E-state index >= 15 is 0 Å². The molecule has 100 valence electrons. The highest BCUT2D eigenvalue weighted by Gasteiger charge is 2.11. The lowest BCUT2D eigenvalue weighted by Crippen LogP contribution is -2.17. The lowest BCUT2D eigenvalue weighted by Gasteiger charge is -2.10. The molecule has 0 bridgehead atoms. The van der Waals surface area contributed by atoms with Crippen LogP contribution in [0.3, 0.4) is 0 Å². The van der Waals surface area contributed by atoms with E-state index in [0.29, 0.717) is 23.7 Å². The minimum Gasteiger partial charge on any atom is -0.493 e. The zero-order chi connectivity index (χ0) is 13.8. The van der Waals surface area contributed by atoms with Gasteiger partial charge in [-0.15, -0.1) is 0 Å². The van der Waals surface area contributed by atoms with Crippen LogP contribution in [-0.4, -0.2) is 16.6 Å². The second kappa shape index (κ2) is 5.43. The molecule has 19 heavy (non-hydrogen) atoms. The molecule has 6 nitrogen and oxygen atoms in total. The highest BCUT2D eigenvalue weighted by molar-refractivity contribution is 5.68. The number of hydrogen-bond acceptors (Lipinski definition) is 5. The molecule has 1 aromatic heterocycles. The molecule has 0 unspecified atom stereocenters. The molecule has 6 heteroatoms. The van der Waals surface area contributed by atoms with Gasteiger partial charge in [-0.05, 0) is 18.6 Å². The average molecular weight is 260 g/mol. The van der Waals surface area contributed by atoms with Gasteiger partial charge in [-0.25, -0.2) is 4.98 Å². The maximum absolute atomic E-state index is 11.6. The molecule has 0 atom stereocenters. The van der Waals surface area contributed by atoms with Crippen LogP contribution in [0.1, 0.15) is 13.3 Å². The number of nitrogen functional groups attached to an aromatic ring is 2. The van der Waals surface area contributed by atoms with Crippen LogP contribution in [-0.2, 0) is 0 Å². The van der Waals surface area contributed by atoms with Gasteiger partial charge in [-0.3, -0.25) is 4.79 Å². The van der Waals surface area contributed by atoms with E-state index in [1.165, 1.54) is 0 Å². The first-order valence-corrected chi connectivity index (χ1v) is 6.01. The summed E-state index contributed by atoms with van der Waals surface area (Å²) in [6, 6.07) is 7.31. The summed E-state index contributed by atoms with van der Waals surface area (Å²) >= 11 is 0. The minimum atomic E-state index is -0.451. The van der Waals surface area contributed by atoms with Crippen LogP contribution in [0.15, 0.2) is 29.1 Å². The number of H-pyrrole nitrogens is 1. The summed E-state index contributed by atoms with van der Waals surface area (Å²) in [5, 5.41) is 0. The highest BCUT2D eigenvalue weighted by atomic mass is 16.5. The van der Waals surface area contributed by atoms with E-state index in [-0.39, 0.29) is 11.5 Å². The largest absolute Gasteiger partial charge is 0.493 e.